The molecule has 1 heterocycles. The lowest BCUT2D eigenvalue weighted by Gasteiger charge is -2.26. The first-order chi connectivity index (χ1) is 9.50. The zero-order valence-electron chi connectivity index (χ0n) is 12.0. The van der Waals surface area contributed by atoms with Crippen molar-refractivity contribution in [1.82, 2.24) is 4.90 Å². The molecule has 0 aliphatic carbocycles. The second-order valence-corrected chi connectivity index (χ2v) is 5.30. The number of benzene rings is 1. The Balaban J connectivity index is 2.16. The number of anilines is 1. The number of carbonyl (C=O) groups excluding carboxylic acids is 1. The number of aliphatic hydroxyl groups is 1. The number of aliphatic hydroxyl groups excluding tert-OH is 1. The van der Waals surface area contributed by atoms with Crippen LogP contribution in [-0.4, -0.2) is 42.6 Å². The number of para-hydroxylation sites is 1. The summed E-state index contributed by atoms with van der Waals surface area (Å²) in [5.41, 5.74) is 0.803. The van der Waals surface area contributed by atoms with E-state index in [-0.39, 0.29) is 12.5 Å². The zero-order valence-corrected chi connectivity index (χ0v) is 12.0. The molecule has 2 rings (SSSR count). The molecule has 0 radical (unpaired) electrons. The Hall–Kier alpha value is -1.62. The van der Waals surface area contributed by atoms with E-state index in [4.69, 9.17) is 0 Å². The van der Waals surface area contributed by atoms with Gasteiger partial charge < -0.3 is 14.9 Å². The van der Waals surface area contributed by atoms with E-state index in [0.717, 1.165) is 25.9 Å². The fourth-order valence-corrected chi connectivity index (χ4v) is 2.62. The first-order valence-corrected chi connectivity index (χ1v) is 6.96. The van der Waals surface area contributed by atoms with Crippen LogP contribution in [0.3, 0.4) is 0 Å². The van der Waals surface area contributed by atoms with E-state index in [1.807, 2.05) is 0 Å². The van der Waals surface area contributed by atoms with Crippen molar-refractivity contribution < 1.29 is 14.3 Å². The van der Waals surface area contributed by atoms with Crippen molar-refractivity contribution in [2.45, 2.75) is 25.9 Å². The van der Waals surface area contributed by atoms with Gasteiger partial charge in [0.25, 0.3) is 0 Å². The van der Waals surface area contributed by atoms with Crippen LogP contribution in [0.5, 0.6) is 0 Å². The molecule has 1 N–H and O–H groups in total. The third-order valence-corrected chi connectivity index (χ3v) is 3.68. The van der Waals surface area contributed by atoms with Gasteiger partial charge in [0.15, 0.2) is 0 Å². The minimum atomic E-state index is -0.773. The Labute approximate surface area is 118 Å². The molecule has 110 valence electrons. The summed E-state index contributed by atoms with van der Waals surface area (Å²) in [5.74, 6) is -0.412. The molecule has 0 bridgehead atoms. The van der Waals surface area contributed by atoms with E-state index >= 15 is 0 Å². The average Bonchev–Trinajstić information content (AvgIpc) is 2.91. The molecule has 1 atom stereocenters. The number of nitrogens with zero attached hydrogens (tertiary/aromatic N) is 2. The molecule has 1 aliphatic rings. The molecule has 0 aromatic heterocycles. The van der Waals surface area contributed by atoms with Gasteiger partial charge in [0, 0.05) is 25.7 Å². The standard InChI is InChI=1S/C15H21FN2O2/c1-11(19)12-6-5-7-13(16)15(12)17(2)10-14(20)18-8-3-4-9-18/h5-7,11,19H,3-4,8-10H2,1-2H3/t11-/m1/s1. The van der Waals surface area contributed by atoms with Gasteiger partial charge in [-0.25, -0.2) is 4.39 Å². The van der Waals surface area contributed by atoms with Crippen LogP contribution < -0.4 is 4.90 Å². The average molecular weight is 280 g/mol. The largest absolute Gasteiger partial charge is 0.389 e. The van der Waals surface area contributed by atoms with E-state index in [1.165, 1.54) is 6.07 Å². The summed E-state index contributed by atoms with van der Waals surface area (Å²) in [6.45, 7) is 3.29. The Kier molecular flexibility index (Phi) is 4.60. The van der Waals surface area contributed by atoms with Gasteiger partial charge in [-0.3, -0.25) is 4.79 Å². The van der Waals surface area contributed by atoms with Gasteiger partial charge in [-0.05, 0) is 25.8 Å². The molecule has 1 aromatic carbocycles. The number of hydrogen-bond donors (Lipinski definition) is 1. The fourth-order valence-electron chi connectivity index (χ4n) is 2.62. The van der Waals surface area contributed by atoms with Gasteiger partial charge in [0.2, 0.25) is 5.91 Å². The molecule has 1 aliphatic heterocycles. The van der Waals surface area contributed by atoms with Gasteiger partial charge in [-0.1, -0.05) is 12.1 Å². The summed E-state index contributed by atoms with van der Waals surface area (Å²) in [7, 11) is 1.68. The maximum atomic E-state index is 14.0. The van der Waals surface area contributed by atoms with Gasteiger partial charge in [-0.2, -0.15) is 0 Å². The molecular formula is C15H21FN2O2. The highest BCUT2D eigenvalue weighted by atomic mass is 19.1. The predicted molar refractivity (Wildman–Crippen MR) is 76.1 cm³/mol. The Morgan fingerprint density at radius 2 is 2.10 bits per heavy atom. The van der Waals surface area contributed by atoms with Gasteiger partial charge >= 0.3 is 0 Å². The number of carbonyl (C=O) groups is 1. The van der Waals surface area contributed by atoms with Crippen molar-refractivity contribution >= 4 is 11.6 Å². The first kappa shape index (κ1) is 14.8. The monoisotopic (exact) mass is 280 g/mol. The first-order valence-electron chi connectivity index (χ1n) is 6.96. The minimum absolute atomic E-state index is 0.00444. The summed E-state index contributed by atoms with van der Waals surface area (Å²) >= 11 is 0. The normalized spacial score (nSPS) is 16.3. The van der Waals surface area contributed by atoms with Gasteiger partial charge in [-0.15, -0.1) is 0 Å². The lowest BCUT2D eigenvalue weighted by atomic mass is 10.1. The fraction of sp³-hybridized carbons (Fsp3) is 0.533. The molecule has 4 nitrogen and oxygen atoms in total. The maximum absolute atomic E-state index is 14.0. The van der Waals surface area contributed by atoms with E-state index in [1.54, 1.807) is 35.9 Å². The van der Waals surface area contributed by atoms with Crippen LogP contribution in [0.25, 0.3) is 0 Å². The predicted octanol–water partition coefficient (Wildman–Crippen LogP) is 1.94. The molecule has 20 heavy (non-hydrogen) atoms. The molecule has 1 fully saturated rings. The van der Waals surface area contributed by atoms with E-state index < -0.39 is 11.9 Å². The van der Waals surface area contributed by atoms with Crippen LogP contribution >= 0.6 is 0 Å². The molecule has 1 amide bonds. The highest BCUT2D eigenvalue weighted by Crippen LogP contribution is 2.28. The van der Waals surface area contributed by atoms with Gasteiger partial charge in [0.05, 0.1) is 18.3 Å². The highest BCUT2D eigenvalue weighted by molar-refractivity contribution is 5.82. The summed E-state index contributed by atoms with van der Waals surface area (Å²) in [6.07, 6.45) is 1.30. The topological polar surface area (TPSA) is 43.8 Å². The van der Waals surface area contributed by atoms with Crippen LogP contribution in [0.4, 0.5) is 10.1 Å². The minimum Gasteiger partial charge on any atom is -0.389 e. The Morgan fingerprint density at radius 1 is 1.45 bits per heavy atom. The number of likely N-dealkylation sites (tertiary alicyclic amines) is 1. The lowest BCUT2D eigenvalue weighted by Crippen LogP contribution is -2.38. The summed E-state index contributed by atoms with van der Waals surface area (Å²) in [6, 6.07) is 4.59. The van der Waals surface area contributed by atoms with E-state index in [9.17, 15) is 14.3 Å². The highest BCUT2D eigenvalue weighted by Gasteiger charge is 2.22. The third kappa shape index (κ3) is 3.10. The third-order valence-electron chi connectivity index (χ3n) is 3.68. The number of rotatable bonds is 4. The van der Waals surface area contributed by atoms with Gasteiger partial charge in [0.1, 0.15) is 5.82 Å². The van der Waals surface area contributed by atoms with Crippen molar-refractivity contribution in [2.24, 2.45) is 0 Å². The van der Waals surface area contributed by atoms with Crippen LogP contribution in [0.1, 0.15) is 31.4 Å². The smallest absolute Gasteiger partial charge is 0.242 e. The van der Waals surface area contributed by atoms with Crippen LogP contribution in [0.2, 0.25) is 0 Å². The lowest BCUT2D eigenvalue weighted by molar-refractivity contribution is -0.128. The molecule has 0 spiro atoms. The Morgan fingerprint density at radius 3 is 2.70 bits per heavy atom. The van der Waals surface area contributed by atoms with Crippen molar-refractivity contribution in [1.29, 1.82) is 0 Å². The summed E-state index contributed by atoms with van der Waals surface area (Å²) in [5, 5.41) is 9.73. The van der Waals surface area contributed by atoms with Crippen molar-refractivity contribution in [3.8, 4) is 0 Å². The van der Waals surface area contributed by atoms with Crippen molar-refractivity contribution in [3.05, 3.63) is 29.6 Å². The van der Waals surface area contributed by atoms with Crippen molar-refractivity contribution in [2.75, 3.05) is 31.6 Å². The summed E-state index contributed by atoms with van der Waals surface area (Å²) in [4.78, 5) is 15.5. The Bertz CT molecular complexity index is 485. The number of amides is 1. The van der Waals surface area contributed by atoms with Crippen LogP contribution in [0.15, 0.2) is 18.2 Å². The quantitative estimate of drug-likeness (QED) is 0.916. The molecule has 5 heteroatoms. The summed E-state index contributed by atoms with van der Waals surface area (Å²) < 4.78 is 14.0. The van der Waals surface area contributed by atoms with Crippen molar-refractivity contribution in [3.63, 3.8) is 0 Å². The molecular weight excluding hydrogens is 259 g/mol. The zero-order chi connectivity index (χ0) is 14.7. The second-order valence-electron chi connectivity index (χ2n) is 5.30. The molecule has 0 saturated carbocycles. The van der Waals surface area contributed by atoms with E-state index in [2.05, 4.69) is 0 Å². The molecule has 0 unspecified atom stereocenters. The maximum Gasteiger partial charge on any atom is 0.242 e. The SMILES string of the molecule is C[C@@H](O)c1cccc(F)c1N(C)CC(=O)N1CCCC1. The molecule has 1 aromatic rings. The van der Waals surface area contributed by atoms with Crippen LogP contribution in [-0.2, 0) is 4.79 Å². The number of likely N-dealkylation sites (N-methyl/N-ethyl adjacent to an activating group) is 1. The second kappa shape index (κ2) is 6.22. The number of hydrogen-bond acceptors (Lipinski definition) is 3. The van der Waals surface area contributed by atoms with Crippen LogP contribution in [0, 0.1) is 5.82 Å². The van der Waals surface area contributed by atoms with E-state index in [0.29, 0.717) is 11.3 Å². The molecule has 1 saturated heterocycles. The number of halogens is 1.